The zero-order chi connectivity index (χ0) is 19.3. The molecule has 4 aromatic carbocycles. The third kappa shape index (κ3) is 4.00. The van der Waals surface area contributed by atoms with Crippen molar-refractivity contribution in [2.24, 2.45) is 0 Å². The van der Waals surface area contributed by atoms with Gasteiger partial charge in [0, 0.05) is 16.1 Å². The summed E-state index contributed by atoms with van der Waals surface area (Å²) in [7, 11) is 0. The largest absolute Gasteiger partial charge is 0.488 e. The SMILES string of the molecule is O=C(Nc1cccc2ccccc12)c1cc(Cl)ccc1OCc1ccccc1. The van der Waals surface area contributed by atoms with E-state index in [1.54, 1.807) is 18.2 Å². The van der Waals surface area contributed by atoms with Crippen LogP contribution in [0.3, 0.4) is 0 Å². The van der Waals surface area contributed by atoms with Crippen LogP contribution in [0.1, 0.15) is 15.9 Å². The summed E-state index contributed by atoms with van der Waals surface area (Å²) in [5.74, 6) is 0.230. The third-order valence-electron chi connectivity index (χ3n) is 4.46. The molecule has 4 heteroatoms. The quantitative estimate of drug-likeness (QED) is 0.435. The van der Waals surface area contributed by atoms with Gasteiger partial charge in [0.25, 0.3) is 5.91 Å². The Kier molecular flexibility index (Phi) is 5.27. The smallest absolute Gasteiger partial charge is 0.259 e. The number of anilines is 1. The van der Waals surface area contributed by atoms with Gasteiger partial charge in [0.05, 0.1) is 5.56 Å². The van der Waals surface area contributed by atoms with Crippen molar-refractivity contribution in [3.63, 3.8) is 0 Å². The lowest BCUT2D eigenvalue weighted by Gasteiger charge is -2.13. The van der Waals surface area contributed by atoms with Crippen LogP contribution in [0.5, 0.6) is 5.75 Å². The van der Waals surface area contributed by atoms with Crippen LogP contribution in [-0.4, -0.2) is 5.91 Å². The fraction of sp³-hybridized carbons (Fsp3) is 0.0417. The summed E-state index contributed by atoms with van der Waals surface area (Å²) in [6, 6.07) is 28.6. The first kappa shape index (κ1) is 18.1. The normalized spacial score (nSPS) is 10.6. The van der Waals surface area contributed by atoms with E-state index < -0.39 is 0 Å². The van der Waals surface area contributed by atoms with E-state index in [2.05, 4.69) is 5.32 Å². The predicted octanol–water partition coefficient (Wildman–Crippen LogP) is 6.32. The fourth-order valence-electron chi connectivity index (χ4n) is 3.06. The minimum atomic E-state index is -0.262. The van der Waals surface area contributed by atoms with E-state index in [0.717, 1.165) is 22.0 Å². The second-order valence-corrected chi connectivity index (χ2v) is 6.83. The molecule has 0 bridgehead atoms. The molecule has 0 heterocycles. The van der Waals surface area contributed by atoms with Crippen LogP contribution in [0.25, 0.3) is 10.8 Å². The van der Waals surface area contributed by atoms with Crippen LogP contribution in [0, 0.1) is 0 Å². The highest BCUT2D eigenvalue weighted by molar-refractivity contribution is 6.31. The lowest BCUT2D eigenvalue weighted by atomic mass is 10.1. The monoisotopic (exact) mass is 387 g/mol. The highest BCUT2D eigenvalue weighted by Gasteiger charge is 2.15. The first-order valence-corrected chi connectivity index (χ1v) is 9.34. The lowest BCUT2D eigenvalue weighted by molar-refractivity contribution is 0.102. The van der Waals surface area contributed by atoms with Crippen molar-refractivity contribution >= 4 is 34.0 Å². The van der Waals surface area contributed by atoms with Gasteiger partial charge >= 0.3 is 0 Å². The number of nitrogens with one attached hydrogen (secondary N) is 1. The molecular weight excluding hydrogens is 370 g/mol. The Hall–Kier alpha value is -3.30. The van der Waals surface area contributed by atoms with E-state index in [0.29, 0.717) is 22.9 Å². The maximum Gasteiger partial charge on any atom is 0.259 e. The second-order valence-electron chi connectivity index (χ2n) is 6.40. The standard InChI is InChI=1S/C24H18ClNO2/c25-19-13-14-23(28-16-17-7-2-1-3-8-17)21(15-19)24(27)26-22-12-6-10-18-9-4-5-11-20(18)22/h1-15H,16H2,(H,26,27). The zero-order valence-corrected chi connectivity index (χ0v) is 15.8. The summed E-state index contributed by atoms with van der Waals surface area (Å²) in [5, 5.41) is 5.51. The van der Waals surface area contributed by atoms with Gasteiger partial charge in [-0.2, -0.15) is 0 Å². The molecule has 0 spiro atoms. The van der Waals surface area contributed by atoms with Crippen molar-refractivity contribution in [1.29, 1.82) is 0 Å². The zero-order valence-electron chi connectivity index (χ0n) is 15.1. The molecule has 28 heavy (non-hydrogen) atoms. The van der Waals surface area contributed by atoms with E-state index in [1.165, 1.54) is 0 Å². The summed E-state index contributed by atoms with van der Waals surface area (Å²) in [5.41, 5.74) is 2.17. The summed E-state index contributed by atoms with van der Waals surface area (Å²) in [6.45, 7) is 0.372. The molecule has 0 fully saturated rings. The topological polar surface area (TPSA) is 38.3 Å². The number of benzene rings is 4. The molecular formula is C24H18ClNO2. The number of carbonyl (C=O) groups is 1. The van der Waals surface area contributed by atoms with E-state index >= 15 is 0 Å². The van der Waals surface area contributed by atoms with Gasteiger partial charge in [-0.25, -0.2) is 0 Å². The first-order valence-electron chi connectivity index (χ1n) is 8.96. The molecule has 4 aromatic rings. The van der Waals surface area contributed by atoms with E-state index in [1.807, 2.05) is 72.8 Å². The van der Waals surface area contributed by atoms with Crippen LogP contribution in [0.2, 0.25) is 5.02 Å². The van der Waals surface area contributed by atoms with Crippen molar-refractivity contribution in [3.05, 3.63) is 107 Å². The average molecular weight is 388 g/mol. The van der Waals surface area contributed by atoms with Gasteiger partial charge in [-0.3, -0.25) is 4.79 Å². The van der Waals surface area contributed by atoms with Gasteiger partial charge in [-0.05, 0) is 35.2 Å². The molecule has 0 unspecified atom stereocenters. The molecule has 0 radical (unpaired) electrons. The van der Waals surface area contributed by atoms with Crippen LogP contribution in [-0.2, 0) is 6.61 Å². The molecule has 4 rings (SSSR count). The van der Waals surface area contributed by atoms with Crippen molar-refractivity contribution < 1.29 is 9.53 Å². The van der Waals surface area contributed by atoms with Crippen molar-refractivity contribution in [1.82, 2.24) is 0 Å². The molecule has 0 aliphatic heterocycles. The first-order chi connectivity index (χ1) is 13.7. The Labute approximate surface area is 168 Å². The van der Waals surface area contributed by atoms with Gasteiger partial charge in [0.2, 0.25) is 0 Å². The molecule has 0 saturated heterocycles. The van der Waals surface area contributed by atoms with Gasteiger partial charge in [0.15, 0.2) is 0 Å². The van der Waals surface area contributed by atoms with Crippen LogP contribution in [0.15, 0.2) is 91.0 Å². The minimum Gasteiger partial charge on any atom is -0.488 e. The van der Waals surface area contributed by atoms with Crippen molar-refractivity contribution in [2.45, 2.75) is 6.61 Å². The minimum absolute atomic E-state index is 0.262. The van der Waals surface area contributed by atoms with E-state index in [-0.39, 0.29) is 5.91 Å². The van der Waals surface area contributed by atoms with Gasteiger partial charge in [-0.1, -0.05) is 78.3 Å². The van der Waals surface area contributed by atoms with E-state index in [9.17, 15) is 4.79 Å². The fourth-order valence-corrected chi connectivity index (χ4v) is 3.24. The number of hydrogen-bond acceptors (Lipinski definition) is 2. The lowest BCUT2D eigenvalue weighted by Crippen LogP contribution is -2.14. The number of hydrogen-bond donors (Lipinski definition) is 1. The molecule has 0 aliphatic carbocycles. The van der Waals surface area contributed by atoms with Crippen LogP contribution in [0.4, 0.5) is 5.69 Å². The molecule has 0 aromatic heterocycles. The number of halogens is 1. The molecule has 3 nitrogen and oxygen atoms in total. The van der Waals surface area contributed by atoms with Gasteiger partial charge in [-0.15, -0.1) is 0 Å². The predicted molar refractivity (Wildman–Crippen MR) is 114 cm³/mol. The second kappa shape index (κ2) is 8.15. The van der Waals surface area contributed by atoms with E-state index in [4.69, 9.17) is 16.3 Å². The maximum atomic E-state index is 13.0. The summed E-state index contributed by atoms with van der Waals surface area (Å²) in [6.07, 6.45) is 0. The molecule has 1 N–H and O–H groups in total. The Morgan fingerprint density at radius 3 is 2.46 bits per heavy atom. The molecule has 0 atom stereocenters. The number of rotatable bonds is 5. The van der Waals surface area contributed by atoms with Crippen LogP contribution < -0.4 is 10.1 Å². The molecule has 0 saturated carbocycles. The Morgan fingerprint density at radius 2 is 1.61 bits per heavy atom. The number of ether oxygens (including phenoxy) is 1. The highest BCUT2D eigenvalue weighted by Crippen LogP contribution is 2.27. The summed E-state index contributed by atoms with van der Waals surface area (Å²) in [4.78, 5) is 13.0. The highest BCUT2D eigenvalue weighted by atomic mass is 35.5. The Bertz CT molecular complexity index is 1120. The average Bonchev–Trinajstić information content (AvgIpc) is 2.74. The Morgan fingerprint density at radius 1 is 0.857 bits per heavy atom. The van der Waals surface area contributed by atoms with Gasteiger partial charge in [0.1, 0.15) is 12.4 Å². The molecule has 0 aliphatic rings. The third-order valence-corrected chi connectivity index (χ3v) is 4.70. The molecule has 138 valence electrons. The van der Waals surface area contributed by atoms with Crippen LogP contribution >= 0.6 is 11.6 Å². The van der Waals surface area contributed by atoms with Crippen molar-refractivity contribution in [2.75, 3.05) is 5.32 Å². The number of fused-ring (bicyclic) bond motifs is 1. The number of amides is 1. The molecule has 1 amide bonds. The number of carbonyl (C=O) groups excluding carboxylic acids is 1. The maximum absolute atomic E-state index is 13.0. The Balaban J connectivity index is 1.60. The summed E-state index contributed by atoms with van der Waals surface area (Å²) < 4.78 is 5.91. The van der Waals surface area contributed by atoms with Crippen molar-refractivity contribution in [3.8, 4) is 5.75 Å². The summed E-state index contributed by atoms with van der Waals surface area (Å²) >= 11 is 6.14. The van der Waals surface area contributed by atoms with Gasteiger partial charge < -0.3 is 10.1 Å².